The summed E-state index contributed by atoms with van der Waals surface area (Å²) in [5, 5.41) is 12.0. The maximum absolute atomic E-state index is 12.7. The number of nitriles is 1. The Hall–Kier alpha value is -3.13. The van der Waals surface area contributed by atoms with Crippen LogP contribution in [0.25, 0.3) is 0 Å². The first-order valence-corrected chi connectivity index (χ1v) is 8.56. The van der Waals surface area contributed by atoms with Crippen LogP contribution in [-0.2, 0) is 22.6 Å². The molecule has 1 aliphatic rings. The molecular formula is C21H20N2O3. The van der Waals surface area contributed by atoms with Gasteiger partial charge in [-0.1, -0.05) is 48.0 Å². The number of nitrogens with one attached hydrogen (secondary N) is 1. The Bertz CT molecular complexity index is 852. The molecule has 2 atom stereocenters. The molecule has 0 aromatic heterocycles. The van der Waals surface area contributed by atoms with Crippen molar-refractivity contribution in [2.24, 2.45) is 11.8 Å². The predicted octanol–water partition coefficient (Wildman–Crippen LogP) is 2.57. The number of benzene rings is 2. The second-order valence-electron chi connectivity index (χ2n) is 6.49. The molecule has 2 aromatic carbocycles. The molecule has 132 valence electrons. The molecule has 3 rings (SSSR count). The van der Waals surface area contributed by atoms with Crippen molar-refractivity contribution in [3.63, 3.8) is 0 Å². The molecule has 0 saturated carbocycles. The molecule has 1 N–H and O–H groups in total. The zero-order chi connectivity index (χ0) is 18.5. The Morgan fingerprint density at radius 2 is 1.96 bits per heavy atom. The number of Topliss-reactive ketones (excluding diaryl/α,β-unsaturated/α-hetero) is 1. The van der Waals surface area contributed by atoms with Gasteiger partial charge in [0.15, 0.2) is 11.7 Å². The van der Waals surface area contributed by atoms with Crippen molar-refractivity contribution >= 4 is 11.7 Å². The van der Waals surface area contributed by atoms with Gasteiger partial charge in [-0.15, -0.1) is 0 Å². The highest BCUT2D eigenvalue weighted by molar-refractivity contribution is 6.05. The van der Waals surface area contributed by atoms with Gasteiger partial charge in [-0.25, -0.2) is 0 Å². The standard InChI is InChI=1S/C21H20N2O3/c1-14-6-8-15(9-7-14)12-23-21(25)18(11-22)20(24)17-10-16-4-2-3-5-19(16)26-13-17/h2-9,17-18H,10,12-13H2,1H3,(H,23,25)/t17-,18-/m0/s1. The summed E-state index contributed by atoms with van der Waals surface area (Å²) in [6.07, 6.45) is 0.485. The average Bonchev–Trinajstić information content (AvgIpc) is 2.67. The number of fused-ring (bicyclic) bond motifs is 1. The molecule has 0 fully saturated rings. The molecule has 0 aliphatic carbocycles. The quantitative estimate of drug-likeness (QED) is 0.842. The van der Waals surface area contributed by atoms with Crippen molar-refractivity contribution in [2.45, 2.75) is 19.9 Å². The van der Waals surface area contributed by atoms with Crippen LogP contribution in [0.2, 0.25) is 0 Å². The number of aryl methyl sites for hydroxylation is 1. The minimum atomic E-state index is -1.32. The van der Waals surface area contributed by atoms with E-state index in [0.29, 0.717) is 6.42 Å². The maximum Gasteiger partial charge on any atom is 0.245 e. The lowest BCUT2D eigenvalue weighted by Gasteiger charge is -2.25. The first kappa shape index (κ1) is 17.7. The summed E-state index contributed by atoms with van der Waals surface area (Å²) in [5.41, 5.74) is 2.97. The van der Waals surface area contributed by atoms with Gasteiger partial charge in [0.2, 0.25) is 5.91 Å². The summed E-state index contributed by atoms with van der Waals surface area (Å²) in [6.45, 7) is 2.46. The number of nitrogens with zero attached hydrogens (tertiary/aromatic N) is 1. The number of ketones is 1. The molecule has 0 unspecified atom stereocenters. The van der Waals surface area contributed by atoms with Crippen molar-refractivity contribution in [3.05, 3.63) is 65.2 Å². The molecule has 5 nitrogen and oxygen atoms in total. The molecule has 0 spiro atoms. The molecule has 1 aliphatic heterocycles. The van der Waals surface area contributed by atoms with E-state index in [1.807, 2.05) is 61.5 Å². The topological polar surface area (TPSA) is 79.2 Å². The average molecular weight is 348 g/mol. The Kier molecular flexibility index (Phi) is 5.33. The maximum atomic E-state index is 12.7. The molecule has 2 aromatic rings. The number of carbonyl (C=O) groups excluding carboxylic acids is 2. The van der Waals surface area contributed by atoms with E-state index in [4.69, 9.17) is 4.74 Å². The van der Waals surface area contributed by atoms with Crippen LogP contribution < -0.4 is 10.1 Å². The summed E-state index contributed by atoms with van der Waals surface area (Å²) in [4.78, 5) is 25.0. The van der Waals surface area contributed by atoms with E-state index < -0.39 is 17.7 Å². The Morgan fingerprint density at radius 3 is 2.69 bits per heavy atom. The lowest BCUT2D eigenvalue weighted by atomic mass is 9.87. The molecular weight excluding hydrogens is 328 g/mol. The van der Waals surface area contributed by atoms with E-state index in [2.05, 4.69) is 5.32 Å². The van der Waals surface area contributed by atoms with E-state index in [1.165, 1.54) is 0 Å². The Balaban J connectivity index is 1.62. The first-order valence-electron chi connectivity index (χ1n) is 8.56. The van der Waals surface area contributed by atoms with Gasteiger partial charge in [0.1, 0.15) is 5.75 Å². The number of ether oxygens (including phenoxy) is 1. The van der Waals surface area contributed by atoms with Crippen LogP contribution in [0, 0.1) is 30.1 Å². The fourth-order valence-electron chi connectivity index (χ4n) is 3.00. The van der Waals surface area contributed by atoms with Gasteiger partial charge >= 0.3 is 0 Å². The SMILES string of the molecule is Cc1ccc(CNC(=O)[C@@H](C#N)C(=O)[C@@H]2COc3ccccc3C2)cc1. The number of carbonyl (C=O) groups is 2. The van der Waals surface area contributed by atoms with Crippen LogP contribution >= 0.6 is 0 Å². The van der Waals surface area contributed by atoms with Gasteiger partial charge < -0.3 is 10.1 Å². The number of para-hydroxylation sites is 1. The number of rotatable bonds is 5. The van der Waals surface area contributed by atoms with Gasteiger partial charge in [0, 0.05) is 6.54 Å². The lowest BCUT2D eigenvalue weighted by Crippen LogP contribution is -2.40. The first-order chi connectivity index (χ1) is 12.6. The van der Waals surface area contributed by atoms with Crippen molar-refractivity contribution in [1.82, 2.24) is 5.32 Å². The van der Waals surface area contributed by atoms with E-state index in [1.54, 1.807) is 0 Å². The summed E-state index contributed by atoms with van der Waals surface area (Å²) in [6, 6.07) is 17.1. The van der Waals surface area contributed by atoms with Crippen LogP contribution in [0.4, 0.5) is 0 Å². The van der Waals surface area contributed by atoms with Gasteiger partial charge in [-0.05, 0) is 30.5 Å². The number of hydrogen-bond acceptors (Lipinski definition) is 4. The van der Waals surface area contributed by atoms with Crippen LogP contribution in [0.15, 0.2) is 48.5 Å². The summed E-state index contributed by atoms with van der Waals surface area (Å²) < 4.78 is 5.61. The Morgan fingerprint density at radius 1 is 1.23 bits per heavy atom. The second-order valence-corrected chi connectivity index (χ2v) is 6.49. The van der Waals surface area contributed by atoms with Gasteiger partial charge in [0.05, 0.1) is 18.6 Å². The minimum Gasteiger partial charge on any atom is -0.493 e. The molecule has 1 amide bonds. The molecule has 0 bridgehead atoms. The highest BCUT2D eigenvalue weighted by Crippen LogP contribution is 2.28. The summed E-state index contributed by atoms with van der Waals surface area (Å²) in [5.74, 6) is -1.99. The number of amides is 1. The molecule has 1 heterocycles. The van der Waals surface area contributed by atoms with Gasteiger partial charge in [-0.2, -0.15) is 5.26 Å². The zero-order valence-electron chi connectivity index (χ0n) is 14.6. The normalized spacial score (nSPS) is 16.5. The minimum absolute atomic E-state index is 0.194. The third-order valence-electron chi connectivity index (χ3n) is 4.54. The van der Waals surface area contributed by atoms with E-state index in [-0.39, 0.29) is 18.9 Å². The van der Waals surface area contributed by atoms with Crippen LogP contribution in [0.1, 0.15) is 16.7 Å². The predicted molar refractivity (Wildman–Crippen MR) is 96.3 cm³/mol. The molecule has 5 heteroatoms. The van der Waals surface area contributed by atoms with E-state index in [9.17, 15) is 14.9 Å². The van der Waals surface area contributed by atoms with E-state index in [0.717, 1.165) is 22.4 Å². The fourth-order valence-corrected chi connectivity index (χ4v) is 3.00. The third-order valence-corrected chi connectivity index (χ3v) is 4.54. The van der Waals surface area contributed by atoms with Gasteiger partial charge in [0.25, 0.3) is 0 Å². The summed E-state index contributed by atoms with van der Waals surface area (Å²) >= 11 is 0. The molecule has 0 saturated heterocycles. The lowest BCUT2D eigenvalue weighted by molar-refractivity contribution is -0.134. The van der Waals surface area contributed by atoms with E-state index >= 15 is 0 Å². The number of hydrogen-bond donors (Lipinski definition) is 1. The van der Waals surface area contributed by atoms with Crippen LogP contribution in [-0.4, -0.2) is 18.3 Å². The highest BCUT2D eigenvalue weighted by atomic mass is 16.5. The molecule has 26 heavy (non-hydrogen) atoms. The summed E-state index contributed by atoms with van der Waals surface area (Å²) in [7, 11) is 0. The fraction of sp³-hybridized carbons (Fsp3) is 0.286. The molecule has 0 radical (unpaired) electrons. The van der Waals surface area contributed by atoms with Crippen LogP contribution in [0.5, 0.6) is 5.75 Å². The Labute approximate surface area is 152 Å². The monoisotopic (exact) mass is 348 g/mol. The van der Waals surface area contributed by atoms with Crippen molar-refractivity contribution in [1.29, 1.82) is 5.26 Å². The highest BCUT2D eigenvalue weighted by Gasteiger charge is 2.35. The second kappa shape index (κ2) is 7.83. The van der Waals surface area contributed by atoms with Gasteiger partial charge in [-0.3, -0.25) is 9.59 Å². The zero-order valence-corrected chi connectivity index (χ0v) is 14.6. The van der Waals surface area contributed by atoms with Crippen molar-refractivity contribution in [2.75, 3.05) is 6.61 Å². The van der Waals surface area contributed by atoms with Crippen molar-refractivity contribution < 1.29 is 14.3 Å². The van der Waals surface area contributed by atoms with Crippen molar-refractivity contribution in [3.8, 4) is 11.8 Å². The smallest absolute Gasteiger partial charge is 0.245 e. The largest absolute Gasteiger partial charge is 0.493 e. The van der Waals surface area contributed by atoms with Crippen LogP contribution in [0.3, 0.4) is 0 Å². The third kappa shape index (κ3) is 3.92.